The third kappa shape index (κ3) is 20.9. The maximum Gasteiger partial charge on any atom is 0.410 e. The molecule has 9 N–H and O–H groups in total. The van der Waals surface area contributed by atoms with E-state index in [1.807, 2.05) is 127 Å². The summed E-state index contributed by atoms with van der Waals surface area (Å²) >= 11 is 0. The van der Waals surface area contributed by atoms with Gasteiger partial charge in [0.2, 0.25) is 29.5 Å². The average Bonchev–Trinajstić information content (AvgIpc) is 1.69. The molecule has 10 amide bonds. The minimum Gasteiger partial charge on any atom is -0.480 e. The van der Waals surface area contributed by atoms with Gasteiger partial charge in [0.05, 0.1) is 65.1 Å². The number of aryl methyl sites for hydroxylation is 2. The fourth-order valence-corrected chi connectivity index (χ4v) is 18.0. The molecule has 6 aromatic heterocycles. The molecule has 2 aromatic carbocycles. The highest BCUT2D eigenvalue weighted by molar-refractivity contribution is 6.02. The number of fused-ring (bicyclic) bond motifs is 4. The van der Waals surface area contributed by atoms with Crippen LogP contribution in [0.2, 0.25) is 0 Å². The van der Waals surface area contributed by atoms with Crippen molar-refractivity contribution in [3.05, 3.63) is 156 Å². The topological polar surface area (TPSA) is 395 Å². The number of carbonyl (C=O) groups is 9. The zero-order chi connectivity index (χ0) is 84.1. The molecular weight excluding hydrogens is 1530 g/mol. The minimum absolute atomic E-state index is 0.00179. The molecule has 8 aliphatic rings. The number of carboxylic acids is 1. The van der Waals surface area contributed by atoms with E-state index in [2.05, 4.69) is 71.4 Å². The second kappa shape index (κ2) is 38.5. The van der Waals surface area contributed by atoms with Crippen LogP contribution in [-0.2, 0) is 59.2 Å². The molecule has 6 saturated heterocycles. The van der Waals surface area contributed by atoms with E-state index in [0.717, 1.165) is 130 Å². The number of H-pyrrole nitrogens is 2. The monoisotopic (exact) mass is 1640 g/mol. The molecule has 33 heteroatoms. The molecule has 0 aliphatic carbocycles. The molecule has 120 heavy (non-hydrogen) atoms. The van der Waals surface area contributed by atoms with Crippen LogP contribution in [0.5, 0.6) is 0 Å². The summed E-state index contributed by atoms with van der Waals surface area (Å²) in [6, 6.07) is 19.3. The Bertz CT molecular complexity index is 4920. The Morgan fingerprint density at radius 1 is 0.517 bits per heavy atom. The number of ether oxygens (including phenoxy) is 1. The molecule has 0 bridgehead atoms. The van der Waals surface area contributed by atoms with Crippen LogP contribution >= 0.6 is 0 Å². The number of benzene rings is 2. The summed E-state index contributed by atoms with van der Waals surface area (Å²) in [6.45, 7) is 19.8. The van der Waals surface area contributed by atoms with Gasteiger partial charge in [-0.2, -0.15) is 10.2 Å². The predicted molar refractivity (Wildman–Crippen MR) is 453 cm³/mol. The number of rotatable bonds is 19. The first-order chi connectivity index (χ1) is 57.9. The van der Waals surface area contributed by atoms with Gasteiger partial charge in [-0.25, -0.2) is 19.2 Å². The summed E-state index contributed by atoms with van der Waals surface area (Å²) in [5.74, 6) is -0.788. The van der Waals surface area contributed by atoms with Crippen molar-refractivity contribution in [1.82, 2.24) is 86.1 Å². The number of carboxylic acid groups (broad SMARTS) is 1. The molecule has 33 nitrogen and oxygen atoms in total. The van der Waals surface area contributed by atoms with Crippen LogP contribution in [0.15, 0.2) is 122 Å². The van der Waals surface area contributed by atoms with Gasteiger partial charge in [0, 0.05) is 176 Å². The SMILES string of the molecule is CC(C)(C)OC(=O)N1CCC(C[C@H](N)C(=O)N2CCN(c3ccncc3)CC2)CC1.Cc1cc(C[C@@H](NC(=O)N2CCC(N3C(=O)Cc4ncccc43)CC2)C(=O)N[C@@H](CC2CCNCC2)C(=O)N2CCN(c3ccncc3)CC2)cc2cn[nH]c12.Cc1cc(C[C@@H](NC(=O)N2CCC(N3C(=O)Cc4ncccc43)CC2)C(=O)O)cc2cn[nH]c12. The fraction of sp³-hybridized carbons (Fsp3) is 0.506. The highest BCUT2D eigenvalue weighted by Crippen LogP contribution is 2.35. The Morgan fingerprint density at radius 3 is 1.43 bits per heavy atom. The summed E-state index contributed by atoms with van der Waals surface area (Å²) in [5.41, 5.74) is 16.8. The Kier molecular flexibility index (Phi) is 27.1. The van der Waals surface area contributed by atoms with Gasteiger partial charge >= 0.3 is 24.1 Å². The molecule has 0 spiro atoms. The molecule has 16 rings (SSSR count). The van der Waals surface area contributed by atoms with Crippen molar-refractivity contribution in [2.75, 3.05) is 124 Å². The van der Waals surface area contributed by atoms with E-state index < -0.39 is 41.8 Å². The van der Waals surface area contributed by atoms with Crippen LogP contribution in [0.4, 0.5) is 37.1 Å². The van der Waals surface area contributed by atoms with Crippen molar-refractivity contribution in [2.45, 2.75) is 166 Å². The lowest BCUT2D eigenvalue weighted by Crippen LogP contribution is -2.59. The number of hydrogen-bond donors (Lipinski definition) is 8. The first-order valence-electron chi connectivity index (χ1n) is 42.3. The van der Waals surface area contributed by atoms with Crippen LogP contribution in [0.1, 0.15) is 119 Å². The van der Waals surface area contributed by atoms with Gasteiger partial charge in [0.15, 0.2) is 0 Å². The normalized spacial score (nSPS) is 18.7. The molecule has 14 heterocycles. The molecule has 4 atom stereocenters. The van der Waals surface area contributed by atoms with E-state index in [0.29, 0.717) is 136 Å². The third-order valence-electron chi connectivity index (χ3n) is 24.4. The molecule has 6 fully saturated rings. The second-order valence-electron chi connectivity index (χ2n) is 33.8. The van der Waals surface area contributed by atoms with E-state index in [1.54, 1.807) is 64.3 Å². The van der Waals surface area contributed by atoms with Crippen molar-refractivity contribution < 1.29 is 53.0 Å². The van der Waals surface area contributed by atoms with Gasteiger partial charge < -0.3 is 80.9 Å². The number of nitrogens with two attached hydrogens (primary N) is 1. The van der Waals surface area contributed by atoms with Crippen LogP contribution in [-0.4, -0.2) is 270 Å². The van der Waals surface area contributed by atoms with E-state index in [1.165, 1.54) is 0 Å². The summed E-state index contributed by atoms with van der Waals surface area (Å²) in [6.07, 6.45) is 22.0. The van der Waals surface area contributed by atoms with Gasteiger partial charge in [-0.1, -0.05) is 12.1 Å². The summed E-state index contributed by atoms with van der Waals surface area (Å²) in [7, 11) is 0. The lowest BCUT2D eigenvalue weighted by molar-refractivity contribution is -0.139. The van der Waals surface area contributed by atoms with Crippen molar-refractivity contribution in [2.24, 2.45) is 17.6 Å². The lowest BCUT2D eigenvalue weighted by atomic mass is 9.90. The standard InChI is InChI=1S/C41H51N11O4.C24H26N6O4.C22H35N5O3/c1-27-21-29(22-30-26-45-48-38(27)30)24-34(47-41(56)51-15-8-32(9-16-51)52-36-3-2-10-44-33(36)25-37(52)53)39(54)46-35(23-28-4-11-42-12-5-28)40(55)50-19-17-49(18-20-50)31-6-13-43-14-7-31;1-14-9-15(10-16-13-26-28-22(14)16)11-19(23(32)33)27-24(34)29-7-4-17(5-8-29)30-20-3-2-6-25-18(20)12-21(30)31;1-22(2,3)30-21(29)27-10-6-17(7-11-27)16-19(23)20(28)26-14-12-25(13-15-26)18-4-8-24-9-5-18/h2-3,6-7,10,13-14,21-22,26,28,32,34-35,42H,4-5,8-9,11-12,15-20,23-25H2,1H3,(H,45,48)(H,46,54)(H,47,56);2-3,6,9-10,13,17,19H,4-5,7-8,11-12H2,1H3,(H,26,28)(H,27,34)(H,32,33);4-5,8-9,17,19H,6-7,10-16,23H2,1-3H3/t34-,35+;2*19-/m110/s1. The Labute approximate surface area is 698 Å². The number of piperidine rings is 4. The largest absolute Gasteiger partial charge is 0.480 e. The number of hydrogen-bond acceptors (Lipinski definition) is 20. The molecule has 636 valence electrons. The predicted octanol–water partition coefficient (Wildman–Crippen LogP) is 6.68. The number of nitrogens with zero attached hydrogens (tertiary/aromatic N) is 15. The van der Waals surface area contributed by atoms with Crippen molar-refractivity contribution >= 4 is 98.2 Å². The number of likely N-dealkylation sites (tertiary alicyclic amines) is 3. The third-order valence-corrected chi connectivity index (χ3v) is 24.4. The Morgan fingerprint density at radius 2 is 0.958 bits per heavy atom. The van der Waals surface area contributed by atoms with Crippen molar-refractivity contribution in [1.29, 1.82) is 0 Å². The number of anilines is 4. The number of carbonyl (C=O) groups excluding carboxylic acids is 8. The first kappa shape index (κ1) is 84.6. The zero-order valence-electron chi connectivity index (χ0n) is 69.2. The number of aromatic amines is 2. The number of urea groups is 2. The molecule has 8 aromatic rings. The minimum atomic E-state index is -1.08. The summed E-state index contributed by atoms with van der Waals surface area (Å²) in [4.78, 5) is 152. The van der Waals surface area contributed by atoms with E-state index in [9.17, 15) is 48.3 Å². The number of aromatic nitrogens is 8. The highest BCUT2D eigenvalue weighted by Gasteiger charge is 2.41. The van der Waals surface area contributed by atoms with Crippen LogP contribution in [0, 0.1) is 25.7 Å². The molecule has 0 saturated carbocycles. The quantitative estimate of drug-likeness (QED) is 0.0418. The van der Waals surface area contributed by atoms with Crippen LogP contribution in [0.3, 0.4) is 0 Å². The molecular formula is C87H112N22O11. The van der Waals surface area contributed by atoms with Gasteiger partial charge in [0.1, 0.15) is 23.7 Å². The Balaban J connectivity index is 0.000000158. The van der Waals surface area contributed by atoms with Crippen LogP contribution in [0.25, 0.3) is 21.8 Å². The number of pyridine rings is 4. The van der Waals surface area contributed by atoms with Crippen molar-refractivity contribution in [3.8, 4) is 0 Å². The zero-order valence-corrected chi connectivity index (χ0v) is 69.2. The summed E-state index contributed by atoms with van der Waals surface area (Å²) in [5, 5.41) is 38.1. The maximum atomic E-state index is 14.5. The van der Waals surface area contributed by atoms with E-state index in [-0.39, 0.29) is 72.5 Å². The Hall–Kier alpha value is -11.9. The number of piperazine rings is 2. The fourth-order valence-electron chi connectivity index (χ4n) is 18.0. The van der Waals surface area contributed by atoms with Gasteiger partial charge in [-0.15, -0.1) is 0 Å². The number of aliphatic carboxylic acids is 1. The second-order valence-corrected chi connectivity index (χ2v) is 33.8. The maximum absolute atomic E-state index is 14.5. The first-order valence-corrected chi connectivity index (χ1v) is 42.3. The van der Waals surface area contributed by atoms with Crippen LogP contribution < -0.4 is 46.6 Å². The van der Waals surface area contributed by atoms with Crippen molar-refractivity contribution in [3.63, 3.8) is 0 Å². The van der Waals surface area contributed by atoms with Gasteiger partial charge in [-0.3, -0.25) is 54.1 Å². The smallest absolute Gasteiger partial charge is 0.410 e. The number of nitrogens with one attached hydrogen (secondary N) is 6. The molecule has 8 aliphatic heterocycles. The van der Waals surface area contributed by atoms with E-state index >= 15 is 0 Å². The highest BCUT2D eigenvalue weighted by atomic mass is 16.6. The molecule has 0 unspecified atom stereocenters. The van der Waals surface area contributed by atoms with Gasteiger partial charge in [-0.05, 0) is 207 Å². The van der Waals surface area contributed by atoms with E-state index in [4.69, 9.17) is 10.5 Å². The molecule has 0 radical (unpaired) electrons. The number of amides is 10. The summed E-state index contributed by atoms with van der Waals surface area (Å²) < 4.78 is 5.45. The van der Waals surface area contributed by atoms with Gasteiger partial charge in [0.25, 0.3) is 0 Å². The average molecular weight is 1640 g/mol. The lowest BCUT2D eigenvalue weighted by Gasteiger charge is -2.39.